The second-order valence-electron chi connectivity index (χ2n) is 13.5. The minimum absolute atomic E-state index is 0. The third-order valence-electron chi connectivity index (χ3n) is 8.79. The SMILES string of the molecule is CCCCCCCC/C=C\CCCCCCCCOC(=O)CC(C(=O)OCCCCCCCC/C=C\CCCCCCCC)S(=O)(=O)O.[NaH].[NaH]. The molecule has 7 nitrogen and oxygen atoms in total. The van der Waals surface area contributed by atoms with Gasteiger partial charge in [-0.1, -0.05) is 154 Å². The summed E-state index contributed by atoms with van der Waals surface area (Å²) in [5.74, 6) is -1.92. The molecule has 0 aliphatic heterocycles. The topological polar surface area (TPSA) is 107 Å². The number of unbranched alkanes of at least 4 members (excludes halogenated alkanes) is 24. The van der Waals surface area contributed by atoms with Gasteiger partial charge in [0, 0.05) is 0 Å². The molecule has 0 fully saturated rings. The minimum atomic E-state index is -4.78. The predicted molar refractivity (Wildman–Crippen MR) is 215 cm³/mol. The first-order valence-corrected chi connectivity index (χ1v) is 21.4. The van der Waals surface area contributed by atoms with E-state index in [1.54, 1.807) is 0 Å². The zero-order valence-electron chi connectivity index (χ0n) is 31.1. The van der Waals surface area contributed by atoms with Crippen LogP contribution in [0.5, 0.6) is 0 Å². The van der Waals surface area contributed by atoms with E-state index in [0.717, 1.165) is 57.8 Å². The van der Waals surface area contributed by atoms with Gasteiger partial charge in [0.05, 0.1) is 19.6 Å². The molecule has 0 heterocycles. The van der Waals surface area contributed by atoms with Crippen LogP contribution in [0, 0.1) is 0 Å². The summed E-state index contributed by atoms with van der Waals surface area (Å²) < 4.78 is 43.3. The molecule has 0 rings (SSSR count). The molecule has 1 N–H and O–H groups in total. The van der Waals surface area contributed by atoms with Crippen molar-refractivity contribution in [2.75, 3.05) is 13.2 Å². The van der Waals surface area contributed by atoms with Crippen molar-refractivity contribution in [1.29, 1.82) is 0 Å². The van der Waals surface area contributed by atoms with Gasteiger partial charge in [0.2, 0.25) is 0 Å². The molecule has 0 aromatic rings. The number of hydrogen-bond donors (Lipinski definition) is 1. The molecule has 286 valence electrons. The van der Waals surface area contributed by atoms with Crippen molar-refractivity contribution in [3.05, 3.63) is 24.3 Å². The Morgan fingerprint density at radius 1 is 0.500 bits per heavy atom. The third kappa shape index (κ3) is 39.5. The number of hydrogen-bond acceptors (Lipinski definition) is 6. The summed E-state index contributed by atoms with van der Waals surface area (Å²) >= 11 is 0. The summed E-state index contributed by atoms with van der Waals surface area (Å²) in [4.78, 5) is 24.5. The molecule has 0 aromatic heterocycles. The predicted octanol–water partition coefficient (Wildman–Crippen LogP) is 10.5. The Bertz CT molecular complexity index is 909. The van der Waals surface area contributed by atoms with E-state index < -0.39 is 33.7 Å². The Kier molecular flexibility index (Phi) is 46.0. The van der Waals surface area contributed by atoms with Gasteiger partial charge in [0.1, 0.15) is 0 Å². The van der Waals surface area contributed by atoms with Crippen LogP contribution < -0.4 is 0 Å². The molecule has 0 aromatic carbocycles. The summed E-state index contributed by atoms with van der Waals surface area (Å²) in [6, 6.07) is 0. The van der Waals surface area contributed by atoms with Crippen molar-refractivity contribution in [2.24, 2.45) is 0 Å². The normalized spacial score (nSPS) is 12.1. The van der Waals surface area contributed by atoms with Gasteiger partial charge in [-0.15, -0.1) is 0 Å². The van der Waals surface area contributed by atoms with Crippen molar-refractivity contribution >= 4 is 81.2 Å². The molecule has 0 aliphatic carbocycles. The van der Waals surface area contributed by atoms with Gasteiger partial charge in [0.25, 0.3) is 10.1 Å². The number of carbonyl (C=O) groups is 2. The van der Waals surface area contributed by atoms with Crippen molar-refractivity contribution in [1.82, 2.24) is 0 Å². The summed E-state index contributed by atoms with van der Waals surface area (Å²) in [6.07, 6.45) is 41.2. The second-order valence-corrected chi connectivity index (χ2v) is 15.1. The Labute approximate surface area is 353 Å². The van der Waals surface area contributed by atoms with E-state index in [2.05, 4.69) is 38.2 Å². The van der Waals surface area contributed by atoms with Gasteiger partial charge in [-0.25, -0.2) is 0 Å². The molecule has 0 saturated heterocycles. The van der Waals surface area contributed by atoms with E-state index >= 15 is 0 Å². The Morgan fingerprint density at radius 2 is 0.800 bits per heavy atom. The van der Waals surface area contributed by atoms with Crippen LogP contribution in [0.1, 0.15) is 200 Å². The van der Waals surface area contributed by atoms with E-state index in [1.807, 2.05) is 0 Å². The van der Waals surface area contributed by atoms with E-state index in [-0.39, 0.29) is 72.3 Å². The van der Waals surface area contributed by atoms with Gasteiger partial charge in [-0.05, 0) is 64.2 Å². The Hall–Kier alpha value is 0.330. The van der Waals surface area contributed by atoms with E-state index in [4.69, 9.17) is 9.47 Å². The summed E-state index contributed by atoms with van der Waals surface area (Å²) in [5, 5.41) is -1.95. The summed E-state index contributed by atoms with van der Waals surface area (Å²) in [7, 11) is -4.78. The molecular formula is C40H76Na2O7S. The molecule has 1 unspecified atom stereocenters. The summed E-state index contributed by atoms with van der Waals surface area (Å²) in [5.41, 5.74) is 0. The number of rotatable bonds is 36. The van der Waals surface area contributed by atoms with E-state index in [0.29, 0.717) is 12.8 Å². The molecule has 0 amide bonds. The van der Waals surface area contributed by atoms with Crippen LogP contribution in [0.2, 0.25) is 0 Å². The molecular weight excluding hydrogens is 670 g/mol. The molecule has 0 spiro atoms. The first-order chi connectivity index (χ1) is 23.3. The average molecular weight is 747 g/mol. The van der Waals surface area contributed by atoms with Gasteiger partial charge in [-0.2, -0.15) is 8.42 Å². The molecule has 1 atom stereocenters. The van der Waals surface area contributed by atoms with Crippen molar-refractivity contribution in [2.45, 2.75) is 205 Å². The molecule has 0 radical (unpaired) electrons. The quantitative estimate of drug-likeness (QED) is 0.0224. The van der Waals surface area contributed by atoms with Crippen LogP contribution in [0.3, 0.4) is 0 Å². The molecule has 0 bridgehead atoms. The first kappa shape index (κ1) is 54.7. The van der Waals surface area contributed by atoms with Gasteiger partial charge >= 0.3 is 71.1 Å². The van der Waals surface area contributed by atoms with Crippen LogP contribution in [0.25, 0.3) is 0 Å². The van der Waals surface area contributed by atoms with Gasteiger partial charge in [-0.3, -0.25) is 14.1 Å². The third-order valence-corrected chi connectivity index (χ3v) is 9.87. The number of carbonyl (C=O) groups excluding carboxylic acids is 2. The van der Waals surface area contributed by atoms with Crippen molar-refractivity contribution < 1.29 is 32.0 Å². The van der Waals surface area contributed by atoms with E-state index in [9.17, 15) is 22.6 Å². The molecule has 0 aliphatic rings. The fourth-order valence-corrected chi connectivity index (χ4v) is 6.33. The maximum absolute atomic E-state index is 12.3. The number of ether oxygens (including phenoxy) is 2. The first-order valence-electron chi connectivity index (χ1n) is 19.9. The van der Waals surface area contributed by atoms with Crippen molar-refractivity contribution in [3.8, 4) is 0 Å². The number of allylic oxidation sites excluding steroid dienone is 4. The zero-order valence-corrected chi connectivity index (χ0v) is 31.9. The fourth-order valence-electron chi connectivity index (χ4n) is 5.67. The van der Waals surface area contributed by atoms with Crippen LogP contribution in [-0.4, -0.2) is 102 Å². The number of esters is 2. The fraction of sp³-hybridized carbons (Fsp3) is 0.850. The summed E-state index contributed by atoms with van der Waals surface area (Å²) in [6.45, 7) is 4.73. The second kappa shape index (κ2) is 42.1. The Balaban J connectivity index is -0.0000110. The molecule has 50 heavy (non-hydrogen) atoms. The van der Waals surface area contributed by atoms with Crippen LogP contribution in [-0.2, 0) is 29.2 Å². The average Bonchev–Trinajstić information content (AvgIpc) is 3.05. The van der Waals surface area contributed by atoms with Crippen molar-refractivity contribution in [3.63, 3.8) is 0 Å². The Morgan fingerprint density at radius 3 is 1.14 bits per heavy atom. The van der Waals surface area contributed by atoms with Crippen LogP contribution in [0.4, 0.5) is 0 Å². The zero-order chi connectivity index (χ0) is 35.4. The van der Waals surface area contributed by atoms with Crippen LogP contribution in [0.15, 0.2) is 24.3 Å². The standard InChI is InChI=1S/C40H74O7S.2Na.2H/c1-3-5-7-9-11-13-15-17-19-21-23-25-27-29-31-33-35-46-39(41)37-38(48(43,44)45)40(42)47-36-34-32-30-28-26-24-22-20-18-16-14-12-10-8-6-4-2;;;;/h17-20,38H,3-16,21-37H2,1-2H3,(H,43,44,45);;;;/b19-17-,20-18-;;;;. The van der Waals surface area contributed by atoms with Gasteiger partial charge < -0.3 is 9.47 Å². The molecule has 10 heteroatoms. The van der Waals surface area contributed by atoms with E-state index in [1.165, 1.54) is 109 Å². The van der Waals surface area contributed by atoms with Gasteiger partial charge in [0.15, 0.2) is 5.25 Å². The van der Waals surface area contributed by atoms with Crippen LogP contribution >= 0.6 is 0 Å². The maximum atomic E-state index is 12.3. The molecule has 0 saturated carbocycles. The monoisotopic (exact) mass is 747 g/mol.